The Bertz CT molecular complexity index is 448. The van der Waals surface area contributed by atoms with Gasteiger partial charge in [-0.3, -0.25) is 9.48 Å². The zero-order valence-corrected chi connectivity index (χ0v) is 8.50. The fourth-order valence-electron chi connectivity index (χ4n) is 1.51. The molecule has 3 heteroatoms. The quantitative estimate of drug-likeness (QED) is 0.712. The Morgan fingerprint density at radius 2 is 2.07 bits per heavy atom. The summed E-state index contributed by atoms with van der Waals surface area (Å²) in [4.78, 5) is 10.5. The van der Waals surface area contributed by atoms with Crippen molar-refractivity contribution in [3.05, 3.63) is 53.9 Å². The molecule has 1 unspecified atom stereocenters. The molecule has 0 N–H and O–H groups in total. The fourth-order valence-corrected chi connectivity index (χ4v) is 1.51. The molecule has 0 saturated heterocycles. The minimum atomic E-state index is 0.153. The average Bonchev–Trinajstić information content (AvgIpc) is 2.78. The molecule has 1 heterocycles. The van der Waals surface area contributed by atoms with Crippen LogP contribution < -0.4 is 0 Å². The lowest BCUT2D eigenvalue weighted by molar-refractivity contribution is 0.112. The first-order valence-electron chi connectivity index (χ1n) is 4.85. The van der Waals surface area contributed by atoms with Gasteiger partial charge in [0.1, 0.15) is 0 Å². The monoisotopic (exact) mass is 200 g/mol. The van der Waals surface area contributed by atoms with Crippen molar-refractivity contribution in [1.29, 1.82) is 0 Å². The van der Waals surface area contributed by atoms with E-state index in [4.69, 9.17) is 0 Å². The normalized spacial score (nSPS) is 12.3. The van der Waals surface area contributed by atoms with Crippen molar-refractivity contribution < 1.29 is 4.79 Å². The lowest BCUT2D eigenvalue weighted by Gasteiger charge is -2.11. The Balaban J connectivity index is 2.28. The van der Waals surface area contributed by atoms with Crippen molar-refractivity contribution in [3.8, 4) is 0 Å². The molecule has 1 atom stereocenters. The third-order valence-electron chi connectivity index (χ3n) is 2.44. The van der Waals surface area contributed by atoms with Crippen molar-refractivity contribution in [1.82, 2.24) is 9.78 Å². The third-order valence-corrected chi connectivity index (χ3v) is 2.44. The van der Waals surface area contributed by atoms with Crippen LogP contribution in [0.15, 0.2) is 42.7 Å². The van der Waals surface area contributed by atoms with Crippen LogP contribution in [-0.2, 0) is 0 Å². The summed E-state index contributed by atoms with van der Waals surface area (Å²) in [6, 6.07) is 10.2. The minimum absolute atomic E-state index is 0.153. The molecule has 0 aliphatic carbocycles. The first kappa shape index (κ1) is 9.65. The van der Waals surface area contributed by atoms with Gasteiger partial charge < -0.3 is 0 Å². The van der Waals surface area contributed by atoms with Crippen LogP contribution in [0.2, 0.25) is 0 Å². The summed E-state index contributed by atoms with van der Waals surface area (Å²) in [5.74, 6) is 0. The second-order valence-electron chi connectivity index (χ2n) is 3.46. The Morgan fingerprint density at radius 3 is 2.67 bits per heavy atom. The van der Waals surface area contributed by atoms with Gasteiger partial charge in [-0.15, -0.1) is 0 Å². The molecule has 76 valence electrons. The Kier molecular flexibility index (Phi) is 2.63. The van der Waals surface area contributed by atoms with E-state index in [1.165, 1.54) is 5.56 Å². The van der Waals surface area contributed by atoms with Crippen LogP contribution in [0.3, 0.4) is 0 Å². The van der Waals surface area contributed by atoms with Crippen LogP contribution in [0.1, 0.15) is 28.9 Å². The van der Waals surface area contributed by atoms with E-state index in [9.17, 15) is 4.79 Å². The number of aromatic nitrogens is 2. The van der Waals surface area contributed by atoms with Crippen molar-refractivity contribution in [2.45, 2.75) is 13.0 Å². The highest BCUT2D eigenvalue weighted by molar-refractivity contribution is 5.73. The van der Waals surface area contributed by atoms with Crippen LogP contribution in [0.25, 0.3) is 0 Å². The smallest absolute Gasteiger partial charge is 0.153 e. The van der Waals surface area contributed by atoms with Crippen molar-refractivity contribution in [3.63, 3.8) is 0 Å². The summed E-state index contributed by atoms with van der Waals surface area (Å²) < 4.78 is 1.79. The Labute approximate surface area is 88.4 Å². The summed E-state index contributed by atoms with van der Waals surface area (Å²) in [6.07, 6.45) is 4.14. The van der Waals surface area contributed by atoms with Crippen molar-refractivity contribution in [2.24, 2.45) is 0 Å². The number of rotatable bonds is 3. The summed E-state index contributed by atoms with van der Waals surface area (Å²) in [5.41, 5.74) is 1.79. The molecule has 2 rings (SSSR count). The molecule has 2 aromatic rings. The van der Waals surface area contributed by atoms with Gasteiger partial charge in [0.15, 0.2) is 6.29 Å². The maximum absolute atomic E-state index is 10.5. The number of hydrogen-bond acceptors (Lipinski definition) is 2. The van der Waals surface area contributed by atoms with E-state index in [2.05, 4.69) is 12.0 Å². The summed E-state index contributed by atoms with van der Waals surface area (Å²) in [6.45, 7) is 2.05. The first-order chi connectivity index (χ1) is 7.31. The largest absolute Gasteiger partial charge is 0.298 e. The van der Waals surface area contributed by atoms with Gasteiger partial charge in [-0.2, -0.15) is 5.10 Å². The van der Waals surface area contributed by atoms with E-state index in [-0.39, 0.29) is 6.04 Å². The number of nitrogens with zero attached hydrogens (tertiary/aromatic N) is 2. The van der Waals surface area contributed by atoms with E-state index in [0.29, 0.717) is 5.56 Å². The highest BCUT2D eigenvalue weighted by Crippen LogP contribution is 2.16. The molecule has 1 aromatic carbocycles. The summed E-state index contributed by atoms with van der Waals surface area (Å²) in [7, 11) is 0. The van der Waals surface area contributed by atoms with Gasteiger partial charge in [-0.05, 0) is 12.5 Å². The number of carbonyl (C=O) groups is 1. The zero-order valence-electron chi connectivity index (χ0n) is 8.50. The van der Waals surface area contributed by atoms with Crippen LogP contribution in [0.4, 0.5) is 0 Å². The fraction of sp³-hybridized carbons (Fsp3) is 0.167. The van der Waals surface area contributed by atoms with Gasteiger partial charge >= 0.3 is 0 Å². The van der Waals surface area contributed by atoms with E-state index in [1.54, 1.807) is 17.1 Å². The average molecular weight is 200 g/mol. The van der Waals surface area contributed by atoms with E-state index >= 15 is 0 Å². The second kappa shape index (κ2) is 4.09. The van der Waals surface area contributed by atoms with E-state index in [1.807, 2.05) is 30.3 Å². The SMILES string of the molecule is CC(c1ccccc1)n1cc(C=O)cn1. The molecule has 0 spiro atoms. The molecule has 0 saturated carbocycles. The highest BCUT2D eigenvalue weighted by Gasteiger charge is 2.07. The number of benzene rings is 1. The molecule has 0 aliphatic heterocycles. The standard InChI is InChI=1S/C12H12N2O/c1-10(12-5-3-2-4-6-12)14-8-11(9-15)7-13-14/h2-10H,1H3. The lowest BCUT2D eigenvalue weighted by Crippen LogP contribution is -2.06. The molecular formula is C12H12N2O. The second-order valence-corrected chi connectivity index (χ2v) is 3.46. The molecule has 15 heavy (non-hydrogen) atoms. The maximum atomic E-state index is 10.5. The van der Waals surface area contributed by atoms with Gasteiger partial charge in [0, 0.05) is 6.20 Å². The minimum Gasteiger partial charge on any atom is -0.298 e. The molecule has 0 bridgehead atoms. The third kappa shape index (κ3) is 1.96. The van der Waals surface area contributed by atoms with Crippen molar-refractivity contribution >= 4 is 6.29 Å². The molecule has 3 nitrogen and oxygen atoms in total. The van der Waals surface area contributed by atoms with Crippen LogP contribution in [-0.4, -0.2) is 16.1 Å². The van der Waals surface area contributed by atoms with Gasteiger partial charge in [-0.25, -0.2) is 0 Å². The molecule has 0 aliphatic rings. The zero-order chi connectivity index (χ0) is 10.7. The first-order valence-corrected chi connectivity index (χ1v) is 4.85. The molecule has 0 amide bonds. The predicted molar refractivity (Wildman–Crippen MR) is 57.9 cm³/mol. The molecule has 0 fully saturated rings. The number of aldehydes is 1. The van der Waals surface area contributed by atoms with Crippen LogP contribution in [0.5, 0.6) is 0 Å². The predicted octanol–water partition coefficient (Wildman–Crippen LogP) is 2.30. The molecule has 1 aromatic heterocycles. The highest BCUT2D eigenvalue weighted by atomic mass is 16.1. The van der Waals surface area contributed by atoms with Gasteiger partial charge in [0.25, 0.3) is 0 Å². The Hall–Kier alpha value is -1.90. The van der Waals surface area contributed by atoms with Crippen molar-refractivity contribution in [2.75, 3.05) is 0 Å². The van der Waals surface area contributed by atoms with E-state index < -0.39 is 0 Å². The lowest BCUT2D eigenvalue weighted by atomic mass is 10.1. The van der Waals surface area contributed by atoms with Crippen LogP contribution in [0, 0.1) is 0 Å². The van der Waals surface area contributed by atoms with Gasteiger partial charge in [0.2, 0.25) is 0 Å². The molecular weight excluding hydrogens is 188 g/mol. The van der Waals surface area contributed by atoms with Gasteiger partial charge in [-0.1, -0.05) is 30.3 Å². The summed E-state index contributed by atoms with van der Waals surface area (Å²) in [5, 5.41) is 4.15. The number of carbonyl (C=O) groups excluding carboxylic acids is 1. The Morgan fingerprint density at radius 1 is 1.33 bits per heavy atom. The topological polar surface area (TPSA) is 34.9 Å². The molecule has 0 radical (unpaired) electrons. The summed E-state index contributed by atoms with van der Waals surface area (Å²) >= 11 is 0. The maximum Gasteiger partial charge on any atom is 0.153 e. The number of hydrogen-bond donors (Lipinski definition) is 0. The van der Waals surface area contributed by atoms with Gasteiger partial charge in [0.05, 0.1) is 17.8 Å². The van der Waals surface area contributed by atoms with Crippen LogP contribution >= 0.6 is 0 Å². The van der Waals surface area contributed by atoms with E-state index in [0.717, 1.165) is 6.29 Å².